The van der Waals surface area contributed by atoms with Crippen LogP contribution in [0.15, 0.2) is 22.9 Å². The smallest absolute Gasteiger partial charge is 0.265 e. The summed E-state index contributed by atoms with van der Waals surface area (Å²) in [6.07, 6.45) is 3.94. The fraction of sp³-hybridized carbons (Fsp3) is 0.357. The van der Waals surface area contributed by atoms with Crippen LogP contribution < -0.4 is 5.32 Å². The van der Waals surface area contributed by atoms with Crippen LogP contribution in [0.25, 0.3) is 11.6 Å². The number of nitrogens with one attached hydrogen (secondary N) is 1. The molecule has 0 spiro atoms. The first kappa shape index (κ1) is 14.9. The van der Waals surface area contributed by atoms with E-state index in [-0.39, 0.29) is 12.3 Å². The number of rotatable bonds is 5. The molecular formula is C14H17N7O2. The van der Waals surface area contributed by atoms with E-state index in [9.17, 15) is 4.79 Å². The molecule has 0 radical (unpaired) electrons. The first-order valence-corrected chi connectivity index (χ1v) is 7.13. The Morgan fingerprint density at radius 3 is 2.83 bits per heavy atom. The molecule has 3 heterocycles. The molecule has 3 aromatic heterocycles. The summed E-state index contributed by atoms with van der Waals surface area (Å²) in [7, 11) is 3.60. The van der Waals surface area contributed by atoms with E-state index < -0.39 is 0 Å². The molecule has 0 saturated carbocycles. The van der Waals surface area contributed by atoms with E-state index in [1.54, 1.807) is 28.8 Å². The van der Waals surface area contributed by atoms with Crippen LogP contribution in [0.3, 0.4) is 0 Å². The molecule has 0 aromatic carbocycles. The van der Waals surface area contributed by atoms with Gasteiger partial charge in [0.15, 0.2) is 0 Å². The summed E-state index contributed by atoms with van der Waals surface area (Å²) in [5, 5.41) is 19.0. The molecule has 1 amide bonds. The molecular weight excluding hydrogens is 298 g/mol. The van der Waals surface area contributed by atoms with E-state index in [1.807, 2.05) is 20.0 Å². The Bertz CT molecular complexity index is 830. The van der Waals surface area contributed by atoms with Crippen LogP contribution in [0.5, 0.6) is 0 Å². The molecule has 9 heteroatoms. The number of aryl methyl sites for hydroxylation is 4. The summed E-state index contributed by atoms with van der Waals surface area (Å²) in [6, 6.07) is 1.87. The van der Waals surface area contributed by atoms with E-state index in [0.29, 0.717) is 23.9 Å². The lowest BCUT2D eigenvalue weighted by atomic mass is 10.3. The van der Waals surface area contributed by atoms with E-state index in [1.165, 1.54) is 0 Å². The highest BCUT2D eigenvalue weighted by Gasteiger charge is 2.14. The van der Waals surface area contributed by atoms with Crippen molar-refractivity contribution in [1.82, 2.24) is 29.8 Å². The molecule has 0 atom stereocenters. The number of nitrogens with zero attached hydrogens (tertiary/aromatic N) is 6. The molecule has 3 rings (SSSR count). The van der Waals surface area contributed by atoms with Gasteiger partial charge in [-0.2, -0.15) is 10.2 Å². The van der Waals surface area contributed by atoms with E-state index >= 15 is 0 Å². The molecule has 0 fully saturated rings. The molecule has 0 aliphatic heterocycles. The summed E-state index contributed by atoms with van der Waals surface area (Å²) in [6.45, 7) is 1.89. The summed E-state index contributed by atoms with van der Waals surface area (Å²) < 4.78 is 8.89. The third-order valence-corrected chi connectivity index (χ3v) is 3.24. The summed E-state index contributed by atoms with van der Waals surface area (Å²) in [5.41, 5.74) is 2.29. The minimum Gasteiger partial charge on any atom is -0.419 e. The van der Waals surface area contributed by atoms with E-state index in [0.717, 1.165) is 11.4 Å². The van der Waals surface area contributed by atoms with Crippen molar-refractivity contribution in [3.05, 3.63) is 30.0 Å². The van der Waals surface area contributed by atoms with Gasteiger partial charge in [0.25, 0.3) is 5.89 Å². The first-order valence-electron chi connectivity index (χ1n) is 7.13. The lowest BCUT2D eigenvalue weighted by Gasteiger charge is -1.99. The predicted octanol–water partition coefficient (Wildman–Crippen LogP) is 1.08. The van der Waals surface area contributed by atoms with Gasteiger partial charge in [0.1, 0.15) is 5.69 Å². The number of aromatic nitrogens is 6. The number of carbonyl (C=O) groups excluding carboxylic acids is 1. The van der Waals surface area contributed by atoms with Crippen molar-refractivity contribution in [1.29, 1.82) is 0 Å². The Morgan fingerprint density at radius 2 is 2.17 bits per heavy atom. The molecule has 0 saturated heterocycles. The zero-order valence-electron chi connectivity index (χ0n) is 13.1. The molecule has 1 N–H and O–H groups in total. The van der Waals surface area contributed by atoms with E-state index in [4.69, 9.17) is 4.42 Å². The van der Waals surface area contributed by atoms with Crippen molar-refractivity contribution < 1.29 is 9.21 Å². The molecule has 23 heavy (non-hydrogen) atoms. The Labute approximate surface area is 132 Å². The zero-order chi connectivity index (χ0) is 16.4. The van der Waals surface area contributed by atoms with Crippen molar-refractivity contribution in [2.45, 2.75) is 19.8 Å². The quantitative estimate of drug-likeness (QED) is 0.755. The summed E-state index contributed by atoms with van der Waals surface area (Å²) in [4.78, 5) is 11.9. The molecule has 0 unspecified atom stereocenters. The summed E-state index contributed by atoms with van der Waals surface area (Å²) >= 11 is 0. The van der Waals surface area contributed by atoms with Gasteiger partial charge in [-0.3, -0.25) is 14.2 Å². The standard InChI is InChI=1S/C14H17N7O2/c1-9-6-11(21(3)19-9)14-18-17-13(23-14)5-4-12(22)16-10-7-15-20(2)8-10/h6-8H,4-5H2,1-3H3,(H,16,22). The minimum absolute atomic E-state index is 0.130. The number of amides is 1. The second-order valence-electron chi connectivity index (χ2n) is 5.25. The molecule has 120 valence electrons. The maximum absolute atomic E-state index is 11.9. The van der Waals surface area contributed by atoms with Gasteiger partial charge in [0.05, 0.1) is 17.6 Å². The highest BCUT2D eigenvalue weighted by Crippen LogP contribution is 2.18. The van der Waals surface area contributed by atoms with Gasteiger partial charge in [0, 0.05) is 33.1 Å². The van der Waals surface area contributed by atoms with E-state index in [2.05, 4.69) is 25.7 Å². The fourth-order valence-corrected chi connectivity index (χ4v) is 2.20. The Kier molecular flexibility index (Phi) is 3.92. The lowest BCUT2D eigenvalue weighted by molar-refractivity contribution is -0.116. The molecule has 0 bridgehead atoms. The van der Waals surface area contributed by atoms with Crippen LogP contribution in [-0.4, -0.2) is 35.7 Å². The van der Waals surface area contributed by atoms with Crippen molar-refractivity contribution in [2.24, 2.45) is 14.1 Å². The SMILES string of the molecule is Cc1cc(-c2nnc(CCC(=O)Nc3cnn(C)c3)o2)n(C)n1. The predicted molar refractivity (Wildman–Crippen MR) is 81.4 cm³/mol. The van der Waals surface area contributed by atoms with Crippen LogP contribution >= 0.6 is 0 Å². The number of hydrogen-bond donors (Lipinski definition) is 1. The second kappa shape index (κ2) is 6.03. The number of anilines is 1. The second-order valence-corrected chi connectivity index (χ2v) is 5.25. The largest absolute Gasteiger partial charge is 0.419 e. The first-order chi connectivity index (χ1) is 11.0. The molecule has 3 aromatic rings. The van der Waals surface area contributed by atoms with Gasteiger partial charge in [-0.05, 0) is 13.0 Å². The van der Waals surface area contributed by atoms with Crippen LogP contribution in [-0.2, 0) is 25.3 Å². The van der Waals surface area contributed by atoms with Gasteiger partial charge >= 0.3 is 0 Å². The maximum Gasteiger partial charge on any atom is 0.265 e. The lowest BCUT2D eigenvalue weighted by Crippen LogP contribution is -2.11. The Morgan fingerprint density at radius 1 is 1.35 bits per heavy atom. The van der Waals surface area contributed by atoms with Crippen molar-refractivity contribution in [3.63, 3.8) is 0 Å². The van der Waals surface area contributed by atoms with Crippen molar-refractivity contribution >= 4 is 11.6 Å². The number of carbonyl (C=O) groups is 1. The van der Waals surface area contributed by atoms with Gasteiger partial charge in [-0.1, -0.05) is 0 Å². The molecule has 9 nitrogen and oxygen atoms in total. The fourth-order valence-electron chi connectivity index (χ4n) is 2.20. The van der Waals surface area contributed by atoms with Gasteiger partial charge in [-0.15, -0.1) is 10.2 Å². The monoisotopic (exact) mass is 315 g/mol. The van der Waals surface area contributed by atoms with Crippen LogP contribution in [0.2, 0.25) is 0 Å². The highest BCUT2D eigenvalue weighted by atomic mass is 16.4. The van der Waals surface area contributed by atoms with Gasteiger partial charge in [-0.25, -0.2) is 0 Å². The average Bonchev–Trinajstić information content (AvgIpc) is 3.18. The highest BCUT2D eigenvalue weighted by molar-refractivity contribution is 5.90. The van der Waals surface area contributed by atoms with Gasteiger partial charge < -0.3 is 9.73 Å². The van der Waals surface area contributed by atoms with Crippen molar-refractivity contribution in [2.75, 3.05) is 5.32 Å². The summed E-state index contributed by atoms with van der Waals surface area (Å²) in [5.74, 6) is 0.685. The molecule has 0 aliphatic rings. The normalized spacial score (nSPS) is 10.9. The average molecular weight is 315 g/mol. The maximum atomic E-state index is 11.9. The van der Waals surface area contributed by atoms with Crippen LogP contribution in [0.4, 0.5) is 5.69 Å². The van der Waals surface area contributed by atoms with Crippen LogP contribution in [0.1, 0.15) is 18.0 Å². The Balaban J connectivity index is 1.59. The van der Waals surface area contributed by atoms with Gasteiger partial charge in [0.2, 0.25) is 11.8 Å². The number of hydrogen-bond acceptors (Lipinski definition) is 6. The van der Waals surface area contributed by atoms with Crippen LogP contribution in [0, 0.1) is 6.92 Å². The van der Waals surface area contributed by atoms with Crippen molar-refractivity contribution in [3.8, 4) is 11.6 Å². The topological polar surface area (TPSA) is 104 Å². The third kappa shape index (κ3) is 3.44. The minimum atomic E-state index is -0.130. The third-order valence-electron chi connectivity index (χ3n) is 3.24. The Hall–Kier alpha value is -2.97. The zero-order valence-corrected chi connectivity index (χ0v) is 13.1. The molecule has 0 aliphatic carbocycles.